The van der Waals surface area contributed by atoms with Crippen molar-refractivity contribution in [2.45, 2.75) is 51.6 Å². The Labute approximate surface area is 316 Å². The fraction of sp³-hybridized carbons (Fsp3) is 0.205. The third-order valence-electron chi connectivity index (χ3n) is 9.59. The van der Waals surface area contributed by atoms with E-state index in [1.807, 2.05) is 36.4 Å². The van der Waals surface area contributed by atoms with Crippen LogP contribution in [0.4, 0.5) is 13.2 Å². The maximum atomic E-state index is 14.0. The molecule has 7 aromatic rings. The fourth-order valence-electron chi connectivity index (χ4n) is 6.85. The highest BCUT2D eigenvalue weighted by atomic mass is 19.4. The number of halogens is 3. The van der Waals surface area contributed by atoms with Crippen molar-refractivity contribution in [3.63, 3.8) is 0 Å². The molecular weight excluding hydrogens is 706 g/mol. The number of hydrogen-bond donors (Lipinski definition) is 2. The first kappa shape index (κ1) is 37.0. The molecule has 0 aliphatic carbocycles. The Hall–Kier alpha value is -6.36. The van der Waals surface area contributed by atoms with E-state index in [0.717, 1.165) is 39.6 Å². The number of methoxy groups -OCH3 is 1. The molecule has 7 rings (SSSR count). The lowest BCUT2D eigenvalue weighted by Gasteiger charge is -2.15. The minimum absolute atomic E-state index is 0.208. The number of ether oxygens (including phenoxy) is 2. The topological polar surface area (TPSA) is 102 Å². The molecule has 8 nitrogen and oxygen atoms in total. The van der Waals surface area contributed by atoms with Crippen LogP contribution in [-0.4, -0.2) is 37.9 Å². The van der Waals surface area contributed by atoms with Crippen molar-refractivity contribution >= 4 is 16.9 Å². The maximum absolute atomic E-state index is 14.0. The number of nitrogens with one attached hydrogen (secondary N) is 1. The first-order valence-electron chi connectivity index (χ1n) is 18.2. The molecule has 55 heavy (non-hydrogen) atoms. The van der Waals surface area contributed by atoms with Gasteiger partial charge in [0.05, 0.1) is 24.6 Å². The summed E-state index contributed by atoms with van der Waals surface area (Å²) in [5, 5.41) is 14.0. The molecule has 0 bridgehead atoms. The minimum atomic E-state index is -4.99. The Bertz CT molecular complexity index is 2450. The van der Waals surface area contributed by atoms with Gasteiger partial charge in [0, 0.05) is 22.0 Å². The molecule has 0 fully saturated rings. The van der Waals surface area contributed by atoms with Gasteiger partial charge in [-0.3, -0.25) is 0 Å². The zero-order chi connectivity index (χ0) is 38.5. The highest BCUT2D eigenvalue weighted by Crippen LogP contribution is 2.46. The summed E-state index contributed by atoms with van der Waals surface area (Å²) < 4.78 is 55.3. The molecule has 4 aromatic carbocycles. The number of benzene rings is 4. The molecule has 0 atom stereocenters. The van der Waals surface area contributed by atoms with Crippen molar-refractivity contribution in [3.05, 3.63) is 132 Å². The summed E-state index contributed by atoms with van der Waals surface area (Å²) in [4.78, 5) is 19.5. The summed E-state index contributed by atoms with van der Waals surface area (Å²) in [5.74, 6) is -0.498. The number of unbranched alkanes of at least 4 members (excludes halogenated alkanes) is 4. The van der Waals surface area contributed by atoms with Crippen LogP contribution in [0.1, 0.15) is 60.6 Å². The molecule has 0 saturated heterocycles. The van der Waals surface area contributed by atoms with Gasteiger partial charge in [0.15, 0.2) is 11.5 Å². The monoisotopic (exact) mass is 744 g/mol. The Morgan fingerprint density at radius 2 is 1.56 bits per heavy atom. The van der Waals surface area contributed by atoms with Gasteiger partial charge in [-0.05, 0) is 72.0 Å². The van der Waals surface area contributed by atoms with Crippen molar-refractivity contribution in [3.8, 4) is 56.7 Å². The number of alkyl halides is 3. The number of carboxylic acids is 1. The number of hydrogen-bond acceptors (Lipinski definition) is 5. The number of H-pyrrole nitrogens is 1. The van der Waals surface area contributed by atoms with Gasteiger partial charge in [0.1, 0.15) is 17.1 Å². The van der Waals surface area contributed by atoms with Gasteiger partial charge in [-0.2, -0.15) is 18.3 Å². The molecule has 0 aliphatic heterocycles. The summed E-state index contributed by atoms with van der Waals surface area (Å²) >= 11 is 0. The number of carbonyl (C=O) groups is 1. The second kappa shape index (κ2) is 15.9. The molecule has 280 valence electrons. The van der Waals surface area contributed by atoms with E-state index in [-0.39, 0.29) is 11.5 Å². The predicted octanol–water partition coefficient (Wildman–Crippen LogP) is 11.8. The second-order valence-electron chi connectivity index (χ2n) is 13.3. The lowest BCUT2D eigenvalue weighted by atomic mass is 9.97. The number of aryl methyl sites for hydroxylation is 1. The van der Waals surface area contributed by atoms with Crippen LogP contribution in [0.3, 0.4) is 0 Å². The van der Waals surface area contributed by atoms with Crippen LogP contribution in [0.15, 0.2) is 115 Å². The third-order valence-corrected chi connectivity index (χ3v) is 9.59. The molecular formula is C44H39F3N4O4. The van der Waals surface area contributed by atoms with Crippen LogP contribution in [0.25, 0.3) is 50.2 Å². The molecule has 3 heterocycles. The number of aromatic nitrogens is 4. The lowest BCUT2D eigenvalue weighted by molar-refractivity contribution is -0.143. The zero-order valence-electron chi connectivity index (χ0n) is 30.4. The Kier molecular flexibility index (Phi) is 10.7. The number of aromatic amines is 1. The van der Waals surface area contributed by atoms with Crippen molar-refractivity contribution in [1.82, 2.24) is 19.7 Å². The molecule has 2 N–H and O–H groups in total. The molecule has 0 aliphatic rings. The van der Waals surface area contributed by atoms with Crippen molar-refractivity contribution in [1.29, 1.82) is 0 Å². The number of nitrogens with zero attached hydrogens (tertiary/aromatic N) is 3. The van der Waals surface area contributed by atoms with Crippen molar-refractivity contribution < 1.29 is 32.5 Å². The maximum Gasteiger partial charge on any atom is 0.434 e. The molecule has 0 amide bonds. The summed E-state index contributed by atoms with van der Waals surface area (Å²) in [5.41, 5.74) is 4.18. The first-order chi connectivity index (χ1) is 26.7. The second-order valence-corrected chi connectivity index (χ2v) is 13.3. The Balaban J connectivity index is 1.23. The van der Waals surface area contributed by atoms with Crippen molar-refractivity contribution in [2.24, 2.45) is 0 Å². The molecule has 0 unspecified atom stereocenters. The quantitative estimate of drug-likeness (QED) is 0.108. The van der Waals surface area contributed by atoms with Gasteiger partial charge >= 0.3 is 12.1 Å². The fourth-order valence-corrected chi connectivity index (χ4v) is 6.85. The standard InChI is InChI=1S/C44H39F3N4O4/c1-3-4-5-6-7-13-28-20-22-29(23-21-28)30-24-25-33(38(26-30)54-2)40-32-15-8-10-16-36(32)50-42(40)55-37-18-11-9-14-31(37)35-17-12-19-39(49-35)51-41(44(45,46)47)34(27-48-51)43(52)53/h8-12,14-27,50H,3-7,13H2,1-2H3,(H,52,53). The van der Waals surface area contributed by atoms with E-state index < -0.39 is 23.4 Å². The molecule has 0 spiro atoms. The molecule has 3 aromatic heterocycles. The van der Waals surface area contributed by atoms with Crippen LogP contribution < -0.4 is 9.47 Å². The normalized spacial score (nSPS) is 11.6. The predicted molar refractivity (Wildman–Crippen MR) is 207 cm³/mol. The van der Waals surface area contributed by atoms with Gasteiger partial charge in [0.2, 0.25) is 5.88 Å². The van der Waals surface area contributed by atoms with Crippen LogP contribution in [0.5, 0.6) is 17.4 Å². The van der Waals surface area contributed by atoms with E-state index >= 15 is 0 Å². The summed E-state index contributed by atoms with van der Waals surface area (Å²) in [6.07, 6.45) is 2.98. The summed E-state index contributed by atoms with van der Waals surface area (Å²) in [6.45, 7) is 2.23. The van der Waals surface area contributed by atoms with Crippen LogP contribution in [-0.2, 0) is 12.6 Å². The molecule has 11 heteroatoms. The summed E-state index contributed by atoms with van der Waals surface area (Å²) in [6, 6.07) is 34.1. The minimum Gasteiger partial charge on any atom is -0.496 e. The van der Waals surface area contributed by atoms with Crippen molar-refractivity contribution in [2.75, 3.05) is 7.11 Å². The number of para-hydroxylation sites is 2. The van der Waals surface area contributed by atoms with Gasteiger partial charge < -0.3 is 19.6 Å². The van der Waals surface area contributed by atoms with E-state index in [4.69, 9.17) is 9.47 Å². The third kappa shape index (κ3) is 7.82. The SMILES string of the molecule is CCCCCCCc1ccc(-c2ccc(-c3c(Oc4ccccc4-c4cccc(-n5ncc(C(=O)O)c5C(F)(F)F)n4)[nH]c4ccccc34)c(OC)c2)cc1. The molecule has 0 radical (unpaired) electrons. The first-order valence-corrected chi connectivity index (χ1v) is 18.2. The van der Waals surface area contributed by atoms with E-state index in [1.165, 1.54) is 49.8 Å². The highest BCUT2D eigenvalue weighted by Gasteiger charge is 2.41. The summed E-state index contributed by atoms with van der Waals surface area (Å²) in [7, 11) is 1.64. The molecule has 0 saturated carbocycles. The average molecular weight is 745 g/mol. The average Bonchev–Trinajstić information content (AvgIpc) is 3.81. The highest BCUT2D eigenvalue weighted by molar-refractivity contribution is 6.01. The van der Waals surface area contributed by atoms with Gasteiger partial charge in [-0.25, -0.2) is 14.5 Å². The van der Waals surface area contributed by atoms with E-state index in [0.29, 0.717) is 33.8 Å². The van der Waals surface area contributed by atoms with Gasteiger partial charge in [-0.1, -0.05) is 99.3 Å². The zero-order valence-corrected chi connectivity index (χ0v) is 30.4. The lowest BCUT2D eigenvalue weighted by Crippen LogP contribution is -2.18. The smallest absolute Gasteiger partial charge is 0.434 e. The number of aromatic carboxylic acids is 1. The Morgan fingerprint density at radius 3 is 2.33 bits per heavy atom. The number of rotatable bonds is 14. The number of carboxylic acid groups (broad SMARTS) is 1. The van der Waals surface area contributed by atoms with Crippen LogP contribution >= 0.6 is 0 Å². The van der Waals surface area contributed by atoms with Gasteiger partial charge in [0.25, 0.3) is 0 Å². The van der Waals surface area contributed by atoms with Gasteiger partial charge in [-0.15, -0.1) is 0 Å². The largest absolute Gasteiger partial charge is 0.496 e. The van der Waals surface area contributed by atoms with Crippen LogP contribution in [0, 0.1) is 0 Å². The number of fused-ring (bicyclic) bond motifs is 1. The Morgan fingerprint density at radius 1 is 0.818 bits per heavy atom. The number of pyridine rings is 1. The van der Waals surface area contributed by atoms with Crippen LogP contribution in [0.2, 0.25) is 0 Å². The van der Waals surface area contributed by atoms with E-state index in [1.54, 1.807) is 37.4 Å². The van der Waals surface area contributed by atoms with E-state index in [9.17, 15) is 23.1 Å². The van der Waals surface area contributed by atoms with E-state index in [2.05, 4.69) is 52.3 Å².